The number of sulfonamides is 1. The first kappa shape index (κ1) is 33.1. The first-order valence-corrected chi connectivity index (χ1v) is 16.0. The molecule has 0 unspecified atom stereocenters. The number of rotatable bonds is 15. The molecule has 1 aliphatic heterocycles. The molecule has 3 aliphatic rings. The fourth-order valence-corrected chi connectivity index (χ4v) is 6.44. The summed E-state index contributed by atoms with van der Waals surface area (Å²) in [6, 6.07) is -2.85. The number of alkyl carbamates (subject to hydrolysis) is 2. The van der Waals surface area contributed by atoms with Crippen LogP contribution in [0.1, 0.15) is 71.6 Å². The second-order valence-electron chi connectivity index (χ2n) is 11.2. The van der Waals surface area contributed by atoms with Gasteiger partial charge in [-0.3, -0.25) is 19.1 Å². The fraction of sp³-hybridized carbons (Fsp3) is 0.741. The maximum absolute atomic E-state index is 13.6. The number of methoxy groups -OCH3 is 1. The summed E-state index contributed by atoms with van der Waals surface area (Å²) in [4.78, 5) is 65.4. The molecule has 0 spiro atoms. The van der Waals surface area contributed by atoms with E-state index in [9.17, 15) is 32.4 Å². The molecule has 5 atom stereocenters. The first-order valence-electron chi connectivity index (χ1n) is 14.5. The van der Waals surface area contributed by atoms with Crippen molar-refractivity contribution in [2.24, 2.45) is 5.92 Å². The Kier molecular flexibility index (Phi) is 11.2. The normalized spacial score (nSPS) is 25.5. The molecule has 15 heteroatoms. The van der Waals surface area contributed by atoms with Crippen LogP contribution in [0.5, 0.6) is 0 Å². The van der Waals surface area contributed by atoms with E-state index in [1.807, 2.05) is 0 Å². The Bertz CT molecular complexity index is 1160. The Morgan fingerprint density at radius 2 is 1.79 bits per heavy atom. The van der Waals surface area contributed by atoms with Crippen LogP contribution in [0.25, 0.3) is 0 Å². The largest absolute Gasteiger partial charge is 0.453 e. The lowest BCUT2D eigenvalue weighted by molar-refractivity contribution is -0.140. The number of unbranched alkanes of at least 4 members (excludes halogenated alkanes) is 4. The van der Waals surface area contributed by atoms with Crippen LogP contribution in [0.3, 0.4) is 0 Å². The predicted octanol–water partition coefficient (Wildman–Crippen LogP) is 1.07. The highest BCUT2D eigenvalue weighted by atomic mass is 32.2. The van der Waals surface area contributed by atoms with Crippen LogP contribution in [-0.4, -0.2) is 92.4 Å². The van der Waals surface area contributed by atoms with Crippen molar-refractivity contribution in [3.05, 3.63) is 12.7 Å². The molecular formula is C27H43N5O9S. The van der Waals surface area contributed by atoms with Crippen molar-refractivity contribution < 1.29 is 41.9 Å². The summed E-state index contributed by atoms with van der Waals surface area (Å²) in [7, 11) is -2.68. The monoisotopic (exact) mass is 613 g/mol. The number of carbonyl (C=O) groups excluding carboxylic acids is 5. The van der Waals surface area contributed by atoms with Crippen molar-refractivity contribution in [2.45, 2.75) is 101 Å². The fourth-order valence-electron chi connectivity index (χ4n) is 5.08. The Morgan fingerprint density at radius 3 is 2.38 bits per heavy atom. The van der Waals surface area contributed by atoms with E-state index in [0.29, 0.717) is 19.3 Å². The Labute approximate surface area is 246 Å². The number of likely N-dealkylation sites (tertiary alicyclic amines) is 1. The van der Waals surface area contributed by atoms with Crippen molar-refractivity contribution in [3.8, 4) is 0 Å². The lowest BCUT2D eigenvalue weighted by atomic mass is 10.1. The van der Waals surface area contributed by atoms with Gasteiger partial charge in [-0.05, 0) is 39.0 Å². The molecule has 2 aliphatic carbocycles. The first-order chi connectivity index (χ1) is 19.9. The smallest absolute Gasteiger partial charge is 0.407 e. The van der Waals surface area contributed by atoms with Crippen LogP contribution < -0.4 is 20.7 Å². The van der Waals surface area contributed by atoms with Gasteiger partial charge in [0.15, 0.2) is 0 Å². The number of hydrogen-bond acceptors (Lipinski definition) is 9. The Hall–Kier alpha value is -3.36. The zero-order valence-electron chi connectivity index (χ0n) is 24.5. The van der Waals surface area contributed by atoms with Gasteiger partial charge in [-0.25, -0.2) is 18.0 Å². The summed E-state index contributed by atoms with van der Waals surface area (Å²) >= 11 is 0. The molecule has 2 saturated carbocycles. The lowest BCUT2D eigenvalue weighted by Crippen LogP contribution is -2.58. The van der Waals surface area contributed by atoms with E-state index in [1.54, 1.807) is 0 Å². The highest BCUT2D eigenvalue weighted by molar-refractivity contribution is 7.91. The Morgan fingerprint density at radius 1 is 1.10 bits per heavy atom. The summed E-state index contributed by atoms with van der Waals surface area (Å²) < 4.78 is 36.7. The molecule has 3 rings (SSSR count). The molecule has 1 saturated heterocycles. The molecule has 3 fully saturated rings. The van der Waals surface area contributed by atoms with Crippen LogP contribution in [0.2, 0.25) is 0 Å². The molecule has 0 aromatic rings. The molecule has 5 amide bonds. The number of ether oxygens (including phenoxy) is 2. The third-order valence-corrected chi connectivity index (χ3v) is 9.65. The van der Waals surface area contributed by atoms with Crippen LogP contribution in [-0.2, 0) is 33.9 Å². The molecule has 0 aromatic carbocycles. The lowest BCUT2D eigenvalue weighted by Gasteiger charge is -2.28. The van der Waals surface area contributed by atoms with Gasteiger partial charge < -0.3 is 30.3 Å². The highest BCUT2D eigenvalue weighted by Crippen LogP contribution is 2.45. The number of nitrogens with zero attached hydrogens (tertiary/aromatic N) is 1. The second kappa shape index (κ2) is 14.2. The van der Waals surface area contributed by atoms with Crippen molar-refractivity contribution in [2.75, 3.05) is 20.3 Å². The summed E-state index contributed by atoms with van der Waals surface area (Å²) in [5.74, 6) is -2.68. The Balaban J connectivity index is 1.67. The number of hydrogen-bond donors (Lipinski definition) is 4. The van der Waals surface area contributed by atoms with Crippen molar-refractivity contribution >= 4 is 39.9 Å². The maximum atomic E-state index is 13.6. The molecule has 14 nitrogen and oxygen atoms in total. The van der Waals surface area contributed by atoms with E-state index in [4.69, 9.17) is 4.74 Å². The molecule has 0 radical (unpaired) electrons. The average Bonchev–Trinajstić information content (AvgIpc) is 3.87. The highest BCUT2D eigenvalue weighted by Gasteiger charge is 2.62. The number of nitrogens with one attached hydrogen (secondary N) is 4. The van der Waals surface area contributed by atoms with Crippen molar-refractivity contribution in [3.63, 3.8) is 0 Å². The number of amides is 5. The summed E-state index contributed by atoms with van der Waals surface area (Å²) in [5, 5.41) is 7.08. The number of carbonyl (C=O) groups is 5. The van der Waals surface area contributed by atoms with Crippen LogP contribution in [0, 0.1) is 5.92 Å². The third-order valence-electron chi connectivity index (χ3n) is 7.83. The zero-order valence-corrected chi connectivity index (χ0v) is 25.3. The van der Waals surface area contributed by atoms with E-state index in [2.05, 4.69) is 38.9 Å². The molecular weight excluding hydrogens is 570 g/mol. The van der Waals surface area contributed by atoms with Crippen LogP contribution in [0.15, 0.2) is 12.7 Å². The van der Waals surface area contributed by atoms with Gasteiger partial charge in [-0.1, -0.05) is 38.7 Å². The summed E-state index contributed by atoms with van der Waals surface area (Å²) in [6.07, 6.45) is 5.87. The van der Waals surface area contributed by atoms with E-state index in [-0.39, 0.29) is 26.0 Å². The van der Waals surface area contributed by atoms with E-state index in [0.717, 1.165) is 25.7 Å². The molecule has 236 valence electrons. The molecule has 1 heterocycles. The van der Waals surface area contributed by atoms with E-state index >= 15 is 0 Å². The molecule has 4 N–H and O–H groups in total. The van der Waals surface area contributed by atoms with Gasteiger partial charge in [0.05, 0.1) is 25.0 Å². The second-order valence-corrected chi connectivity index (χ2v) is 13.1. The maximum Gasteiger partial charge on any atom is 0.407 e. The zero-order chi connectivity index (χ0) is 31.1. The van der Waals surface area contributed by atoms with Gasteiger partial charge in [0, 0.05) is 12.5 Å². The molecule has 42 heavy (non-hydrogen) atoms. The van der Waals surface area contributed by atoms with E-state index < -0.39 is 74.8 Å². The average molecular weight is 614 g/mol. The standard InChI is InChI=1S/C27H43N5O9S/c1-5-7-8-9-10-13-41-26(37)28-17(3)23(34)32-16-19(29-25(36)40-4)14-21(32)22(33)30-27(15-18(27)6-2)24(35)31-42(38,39)20-11-12-20/h6,17-21H,2,5,7-16H2,1,3-4H3,(H,28,37)(H,29,36)(H,30,33)(H,31,35)/t17-,18+,19+,21-,27+/m0/s1. The van der Waals surface area contributed by atoms with Crippen LogP contribution >= 0.6 is 0 Å². The van der Waals surface area contributed by atoms with Gasteiger partial charge in [0.1, 0.15) is 17.6 Å². The molecule has 0 aromatic heterocycles. The quantitative estimate of drug-likeness (QED) is 0.155. The SMILES string of the molecule is C=C[C@@H]1C[C@]1(NC(=O)[C@@H]1C[C@@H](NC(=O)OC)CN1C(=O)[C@H](C)NC(=O)OCCCCCCC)C(=O)NS(=O)(=O)C1CC1. The van der Waals surface area contributed by atoms with E-state index in [1.165, 1.54) is 25.0 Å². The van der Waals surface area contributed by atoms with Gasteiger partial charge in [-0.15, -0.1) is 6.58 Å². The van der Waals surface area contributed by atoms with Gasteiger partial charge in [0.25, 0.3) is 5.91 Å². The minimum atomic E-state index is -3.86. The summed E-state index contributed by atoms with van der Waals surface area (Å²) in [5.41, 5.74) is -1.53. The molecule has 0 bridgehead atoms. The third kappa shape index (κ3) is 8.35. The van der Waals surface area contributed by atoms with Gasteiger partial charge in [-0.2, -0.15) is 0 Å². The van der Waals surface area contributed by atoms with Crippen molar-refractivity contribution in [1.29, 1.82) is 0 Å². The van der Waals surface area contributed by atoms with Crippen molar-refractivity contribution in [1.82, 2.24) is 25.6 Å². The van der Waals surface area contributed by atoms with Gasteiger partial charge >= 0.3 is 12.2 Å². The van der Waals surface area contributed by atoms with Gasteiger partial charge in [0.2, 0.25) is 21.8 Å². The predicted molar refractivity (Wildman–Crippen MR) is 151 cm³/mol. The minimum absolute atomic E-state index is 0.00156. The summed E-state index contributed by atoms with van der Waals surface area (Å²) in [6.45, 7) is 7.38. The topological polar surface area (TPSA) is 189 Å². The minimum Gasteiger partial charge on any atom is -0.453 e. The van der Waals surface area contributed by atoms with Crippen LogP contribution in [0.4, 0.5) is 9.59 Å².